The predicted octanol–water partition coefficient (Wildman–Crippen LogP) is 2.94. The number of aryl methyl sites for hydroxylation is 1. The number of hydrogen-bond donors (Lipinski definition) is 0. The summed E-state index contributed by atoms with van der Waals surface area (Å²) in [6, 6.07) is 17.5. The van der Waals surface area contributed by atoms with Gasteiger partial charge in [-0.25, -0.2) is 9.67 Å². The van der Waals surface area contributed by atoms with Crippen molar-refractivity contribution in [2.45, 2.75) is 13.5 Å². The summed E-state index contributed by atoms with van der Waals surface area (Å²) in [5, 5.41) is 5.18. The molecule has 0 amide bonds. The molecular weight excluding hydrogens is 300 g/mol. The molecule has 5 heteroatoms. The van der Waals surface area contributed by atoms with Gasteiger partial charge in [-0.15, -0.1) is 0 Å². The maximum atomic E-state index is 12.7. The fourth-order valence-electron chi connectivity index (χ4n) is 2.80. The summed E-state index contributed by atoms with van der Waals surface area (Å²) in [6.45, 7) is 2.36. The van der Waals surface area contributed by atoms with Crippen LogP contribution in [0.5, 0.6) is 0 Å². The van der Waals surface area contributed by atoms with E-state index in [4.69, 9.17) is 0 Å². The first kappa shape index (κ1) is 14.4. The van der Waals surface area contributed by atoms with Gasteiger partial charge in [0, 0.05) is 6.20 Å². The van der Waals surface area contributed by atoms with Crippen LogP contribution in [-0.4, -0.2) is 19.3 Å². The molecule has 0 saturated carbocycles. The second-order valence-electron chi connectivity index (χ2n) is 5.74. The lowest BCUT2D eigenvalue weighted by Gasteiger charge is -2.06. The Labute approximate surface area is 138 Å². The molecule has 0 aliphatic rings. The van der Waals surface area contributed by atoms with Gasteiger partial charge in [0.05, 0.1) is 35.2 Å². The van der Waals surface area contributed by atoms with Crippen LogP contribution in [0.2, 0.25) is 0 Å². The number of aromatic nitrogens is 4. The molecule has 0 saturated heterocycles. The Morgan fingerprint density at radius 3 is 2.67 bits per heavy atom. The predicted molar refractivity (Wildman–Crippen MR) is 93.4 cm³/mol. The van der Waals surface area contributed by atoms with Crippen molar-refractivity contribution < 1.29 is 0 Å². The number of rotatable bonds is 3. The van der Waals surface area contributed by atoms with Crippen LogP contribution in [0.4, 0.5) is 0 Å². The molecule has 2 heterocycles. The minimum absolute atomic E-state index is 0.0436. The Kier molecular flexibility index (Phi) is 3.46. The Hall–Kier alpha value is -3.21. The molecule has 4 aromatic rings. The van der Waals surface area contributed by atoms with Crippen molar-refractivity contribution in [1.82, 2.24) is 19.3 Å². The van der Waals surface area contributed by atoms with E-state index < -0.39 is 0 Å². The summed E-state index contributed by atoms with van der Waals surface area (Å²) in [5.74, 6) is 0. The molecule has 24 heavy (non-hydrogen) atoms. The lowest BCUT2D eigenvalue weighted by atomic mass is 10.1. The first-order chi connectivity index (χ1) is 11.7. The molecule has 2 aromatic carbocycles. The SMILES string of the molecule is Cc1cccc2c(=O)n(Cc3ccn(-c4ccccc4)n3)cnc12. The number of benzene rings is 2. The number of nitrogens with zero attached hydrogens (tertiary/aromatic N) is 4. The van der Waals surface area contributed by atoms with Crippen molar-refractivity contribution in [1.29, 1.82) is 0 Å². The van der Waals surface area contributed by atoms with Crippen molar-refractivity contribution in [2.24, 2.45) is 0 Å². The van der Waals surface area contributed by atoms with Crippen molar-refractivity contribution >= 4 is 10.9 Å². The van der Waals surface area contributed by atoms with Crippen LogP contribution in [0.3, 0.4) is 0 Å². The van der Waals surface area contributed by atoms with Gasteiger partial charge < -0.3 is 0 Å². The van der Waals surface area contributed by atoms with Gasteiger partial charge in [-0.1, -0.05) is 30.3 Å². The third-order valence-corrected chi connectivity index (χ3v) is 4.05. The highest BCUT2D eigenvalue weighted by atomic mass is 16.1. The fourth-order valence-corrected chi connectivity index (χ4v) is 2.80. The second kappa shape index (κ2) is 5.77. The standard InChI is InChI=1S/C19H16N4O/c1-14-6-5-9-17-18(14)20-13-22(19(17)24)12-15-10-11-23(21-15)16-7-3-2-4-8-16/h2-11,13H,12H2,1H3. The van der Waals surface area contributed by atoms with Crippen LogP contribution in [0.1, 0.15) is 11.3 Å². The average Bonchev–Trinajstić information content (AvgIpc) is 3.07. The molecule has 0 unspecified atom stereocenters. The van der Waals surface area contributed by atoms with Crippen molar-refractivity contribution in [2.75, 3.05) is 0 Å². The van der Waals surface area contributed by atoms with E-state index in [9.17, 15) is 4.79 Å². The van der Waals surface area contributed by atoms with E-state index in [2.05, 4.69) is 10.1 Å². The molecule has 0 spiro atoms. The van der Waals surface area contributed by atoms with E-state index in [0.29, 0.717) is 11.9 Å². The lowest BCUT2D eigenvalue weighted by molar-refractivity contribution is 0.712. The first-order valence-electron chi connectivity index (χ1n) is 7.77. The van der Waals surface area contributed by atoms with Gasteiger partial charge >= 0.3 is 0 Å². The van der Waals surface area contributed by atoms with E-state index in [1.807, 2.05) is 67.7 Å². The fraction of sp³-hybridized carbons (Fsp3) is 0.105. The molecule has 5 nitrogen and oxygen atoms in total. The van der Waals surface area contributed by atoms with Crippen LogP contribution in [-0.2, 0) is 6.54 Å². The minimum Gasteiger partial charge on any atom is -0.293 e. The topological polar surface area (TPSA) is 52.7 Å². The maximum absolute atomic E-state index is 12.7. The molecule has 0 aliphatic heterocycles. The van der Waals surface area contributed by atoms with Crippen LogP contribution >= 0.6 is 0 Å². The van der Waals surface area contributed by atoms with E-state index in [0.717, 1.165) is 22.5 Å². The zero-order valence-electron chi connectivity index (χ0n) is 13.3. The molecule has 0 bridgehead atoms. The van der Waals surface area contributed by atoms with E-state index >= 15 is 0 Å². The number of fused-ring (bicyclic) bond motifs is 1. The Bertz CT molecular complexity index is 1060. The van der Waals surface area contributed by atoms with Crippen molar-refractivity contribution in [3.63, 3.8) is 0 Å². The lowest BCUT2D eigenvalue weighted by Crippen LogP contribution is -2.21. The van der Waals surface area contributed by atoms with Crippen LogP contribution in [0.15, 0.2) is 71.9 Å². The molecule has 4 rings (SSSR count). The van der Waals surface area contributed by atoms with Gasteiger partial charge in [0.1, 0.15) is 0 Å². The molecule has 0 N–H and O–H groups in total. The van der Waals surface area contributed by atoms with Gasteiger partial charge in [-0.05, 0) is 36.8 Å². The normalized spacial score (nSPS) is 11.0. The Morgan fingerprint density at radius 1 is 1.00 bits per heavy atom. The third-order valence-electron chi connectivity index (χ3n) is 4.05. The van der Waals surface area contributed by atoms with Crippen molar-refractivity contribution in [3.05, 3.63) is 88.7 Å². The third kappa shape index (κ3) is 2.50. The smallest absolute Gasteiger partial charge is 0.261 e. The van der Waals surface area contributed by atoms with E-state index in [1.165, 1.54) is 0 Å². The van der Waals surface area contributed by atoms with E-state index in [-0.39, 0.29) is 5.56 Å². The van der Waals surface area contributed by atoms with Gasteiger partial charge in [0.15, 0.2) is 0 Å². The van der Waals surface area contributed by atoms with Gasteiger partial charge in [0.2, 0.25) is 0 Å². The van der Waals surface area contributed by atoms with Gasteiger partial charge in [-0.3, -0.25) is 9.36 Å². The molecule has 0 aliphatic carbocycles. The highest BCUT2D eigenvalue weighted by Crippen LogP contribution is 2.12. The highest BCUT2D eigenvalue weighted by molar-refractivity contribution is 5.80. The van der Waals surface area contributed by atoms with Crippen LogP contribution < -0.4 is 5.56 Å². The van der Waals surface area contributed by atoms with Crippen LogP contribution in [0.25, 0.3) is 16.6 Å². The van der Waals surface area contributed by atoms with Gasteiger partial charge in [-0.2, -0.15) is 5.10 Å². The molecule has 2 aromatic heterocycles. The van der Waals surface area contributed by atoms with Gasteiger partial charge in [0.25, 0.3) is 5.56 Å². The average molecular weight is 316 g/mol. The minimum atomic E-state index is -0.0436. The largest absolute Gasteiger partial charge is 0.293 e. The molecule has 118 valence electrons. The molecule has 0 fully saturated rings. The monoisotopic (exact) mass is 316 g/mol. The summed E-state index contributed by atoms with van der Waals surface area (Å²) < 4.78 is 3.40. The summed E-state index contributed by atoms with van der Waals surface area (Å²) in [7, 11) is 0. The first-order valence-corrected chi connectivity index (χ1v) is 7.77. The summed E-state index contributed by atoms with van der Waals surface area (Å²) in [5.41, 5.74) is 3.52. The number of para-hydroxylation sites is 2. The van der Waals surface area contributed by atoms with Crippen molar-refractivity contribution in [3.8, 4) is 5.69 Å². The summed E-state index contributed by atoms with van der Waals surface area (Å²) >= 11 is 0. The summed E-state index contributed by atoms with van der Waals surface area (Å²) in [6.07, 6.45) is 3.49. The van der Waals surface area contributed by atoms with E-state index in [1.54, 1.807) is 15.6 Å². The molecular formula is C19H16N4O. The Balaban J connectivity index is 1.69. The second-order valence-corrected chi connectivity index (χ2v) is 5.74. The van der Waals surface area contributed by atoms with Crippen LogP contribution in [0, 0.1) is 6.92 Å². The molecule has 0 radical (unpaired) electrons. The summed E-state index contributed by atoms with van der Waals surface area (Å²) in [4.78, 5) is 17.1. The zero-order chi connectivity index (χ0) is 16.5. The zero-order valence-corrected chi connectivity index (χ0v) is 13.3. The Morgan fingerprint density at radius 2 is 1.83 bits per heavy atom. The number of hydrogen-bond acceptors (Lipinski definition) is 3. The quantitative estimate of drug-likeness (QED) is 0.584. The molecule has 0 atom stereocenters. The maximum Gasteiger partial charge on any atom is 0.261 e. The highest BCUT2D eigenvalue weighted by Gasteiger charge is 2.08.